The van der Waals surface area contributed by atoms with E-state index >= 15 is 0 Å². The fourth-order valence-corrected chi connectivity index (χ4v) is 0. The summed E-state index contributed by atoms with van der Waals surface area (Å²) in [6.07, 6.45) is 0. The average molecular weight is 249 g/mol. The molecule has 15 heavy (non-hydrogen) atoms. The van der Waals surface area contributed by atoms with Crippen LogP contribution in [0.5, 0.6) is 0 Å². The van der Waals surface area contributed by atoms with Crippen LogP contribution in [0.1, 0.15) is 0 Å². The summed E-state index contributed by atoms with van der Waals surface area (Å²) in [5, 5.41) is 40.9. The van der Waals surface area contributed by atoms with E-state index in [9.17, 15) is 0 Å². The quantitative estimate of drug-likeness (QED) is 0.219. The summed E-state index contributed by atoms with van der Waals surface area (Å²) in [5.74, 6) is 0. The van der Waals surface area contributed by atoms with E-state index in [4.69, 9.17) is 46.0 Å². The maximum absolute atomic E-state index is 8.36. The Morgan fingerprint density at radius 1 is 0.667 bits per heavy atom. The van der Waals surface area contributed by atoms with E-state index < -0.39 is 15.3 Å². The fourth-order valence-electron chi connectivity index (χ4n) is 0. The molecule has 0 amide bonds. The van der Waals surface area contributed by atoms with Gasteiger partial charge in [0.1, 0.15) is 0 Å². The van der Waals surface area contributed by atoms with Gasteiger partial charge in [0.05, 0.1) is 0 Å². The van der Waals surface area contributed by atoms with Gasteiger partial charge < -0.3 is 26.6 Å². The summed E-state index contributed by atoms with van der Waals surface area (Å²) in [7, 11) is 0. The van der Waals surface area contributed by atoms with Crippen molar-refractivity contribution in [1.82, 2.24) is 0 Å². The molecule has 0 aromatic carbocycles. The van der Waals surface area contributed by atoms with Crippen molar-refractivity contribution in [2.45, 2.75) is 0 Å². The average Bonchev–Trinajstić information content (AvgIpc) is 1.54. The zero-order valence-electron chi connectivity index (χ0n) is 6.13. The van der Waals surface area contributed by atoms with Crippen molar-refractivity contribution in [3.8, 4) is 0 Å². The Kier molecular flexibility index (Phi) is 73.4. The molecule has 0 heterocycles. The third kappa shape index (κ3) is 633. The first kappa shape index (κ1) is 37.5. The van der Waals surface area contributed by atoms with Gasteiger partial charge in [0.25, 0.3) is 15.3 Å². The van der Waals surface area contributed by atoms with E-state index in [1.807, 2.05) is 0 Å². The predicted molar refractivity (Wildman–Crippen MR) is 40.7 cm³/mol. The van der Waals surface area contributed by atoms with Crippen molar-refractivity contribution in [3.63, 3.8) is 0 Å². The van der Waals surface area contributed by atoms with Gasteiger partial charge in [-0.25, -0.2) is 0 Å². The zero-order valence-corrected chi connectivity index (χ0v) is 6.13. The first-order valence-electron chi connectivity index (χ1n) is 1.70. The Morgan fingerprint density at radius 2 is 0.667 bits per heavy atom. The summed E-state index contributed by atoms with van der Waals surface area (Å²) >= 11 is 0. The Labute approximate surface area is 102 Å². The number of rotatable bonds is 0. The van der Waals surface area contributed by atoms with Gasteiger partial charge in [0.2, 0.25) is 0 Å². The van der Waals surface area contributed by atoms with E-state index in [1.54, 1.807) is 0 Å². The standard InChI is InChI=1S/3HNO3.Na.2H2O.H/c3*2-1(3)4;;;;/h3*(H,2,3,4);;2*1H2;. The summed E-state index contributed by atoms with van der Waals surface area (Å²) < 4.78 is 0. The summed E-state index contributed by atoms with van der Waals surface area (Å²) in [6.45, 7) is 0. The van der Waals surface area contributed by atoms with Crippen LogP contribution in [0.25, 0.3) is 0 Å². The molecule has 0 rings (SSSR count). The SMILES string of the molecule is O.O.O=[N+]([O-])O.O=[N+]([O-])O.O=[N+]([O-])O.[NaH]. The first-order chi connectivity index (χ1) is 5.20. The molecule has 7 N–H and O–H groups in total. The van der Waals surface area contributed by atoms with Crippen LogP contribution >= 0.6 is 0 Å². The van der Waals surface area contributed by atoms with E-state index in [2.05, 4.69) is 0 Å². The number of hydrogen-bond acceptors (Lipinski definition) is 6. The van der Waals surface area contributed by atoms with Gasteiger partial charge in [-0.2, -0.15) is 0 Å². The van der Waals surface area contributed by atoms with Crippen LogP contribution in [-0.2, 0) is 0 Å². The molecule has 0 aliphatic rings. The molecule has 0 aromatic heterocycles. The van der Waals surface area contributed by atoms with Gasteiger partial charge >= 0.3 is 29.6 Å². The van der Waals surface area contributed by atoms with Crippen LogP contribution in [0.4, 0.5) is 0 Å². The van der Waals surface area contributed by atoms with Crippen molar-refractivity contribution in [2.24, 2.45) is 0 Å². The van der Waals surface area contributed by atoms with Crippen molar-refractivity contribution >= 4 is 29.6 Å². The minimum absolute atomic E-state index is 0. The zero-order chi connectivity index (χ0) is 10.7. The fraction of sp³-hybridized carbons (Fsp3) is 0. The van der Waals surface area contributed by atoms with E-state index in [1.165, 1.54) is 0 Å². The third-order valence-electron chi connectivity index (χ3n) is 0. The second-order valence-electron chi connectivity index (χ2n) is 0.714. The molecule has 90 valence electrons. The molecule has 14 nitrogen and oxygen atoms in total. The Morgan fingerprint density at radius 3 is 0.667 bits per heavy atom. The molecule has 15 heteroatoms. The molecule has 0 aliphatic heterocycles. The van der Waals surface area contributed by atoms with Crippen LogP contribution in [0.3, 0.4) is 0 Å². The minimum atomic E-state index is -1.50. The monoisotopic (exact) mass is 249 g/mol. The topological polar surface area (TPSA) is 253 Å². The van der Waals surface area contributed by atoms with Gasteiger partial charge in [-0.15, -0.1) is 30.3 Å². The third-order valence-corrected chi connectivity index (χ3v) is 0. The molecule has 0 bridgehead atoms. The van der Waals surface area contributed by atoms with Gasteiger partial charge in [0, 0.05) is 0 Å². The van der Waals surface area contributed by atoms with Crippen molar-refractivity contribution in [1.29, 1.82) is 0 Å². The molecular formula is H8N3NaO11. The van der Waals surface area contributed by atoms with E-state index in [0.29, 0.717) is 0 Å². The van der Waals surface area contributed by atoms with Crippen LogP contribution in [-0.4, -0.2) is 71.4 Å². The van der Waals surface area contributed by atoms with Crippen LogP contribution < -0.4 is 0 Å². The van der Waals surface area contributed by atoms with Crippen LogP contribution in [0.2, 0.25) is 0 Å². The molecule has 0 saturated carbocycles. The Bertz CT molecular complexity index is 113. The molecule has 0 radical (unpaired) electrons. The predicted octanol–water partition coefficient (Wildman–Crippen LogP) is -3.34. The Balaban J connectivity index is -0.0000000184. The second-order valence-corrected chi connectivity index (χ2v) is 0.714. The van der Waals surface area contributed by atoms with E-state index in [0.717, 1.165) is 0 Å². The van der Waals surface area contributed by atoms with Gasteiger partial charge in [-0.1, -0.05) is 0 Å². The molecule has 0 fully saturated rings. The number of hydrogen-bond donors (Lipinski definition) is 3. The first-order valence-corrected chi connectivity index (χ1v) is 1.70. The summed E-state index contributed by atoms with van der Waals surface area (Å²) in [5.41, 5.74) is 0. The molecule has 0 atom stereocenters. The molecule has 0 unspecified atom stereocenters. The maximum atomic E-state index is 8.36. The van der Waals surface area contributed by atoms with Crippen molar-refractivity contribution in [3.05, 3.63) is 30.3 Å². The molecule has 0 saturated heterocycles. The molecule has 0 aliphatic carbocycles. The summed E-state index contributed by atoms with van der Waals surface area (Å²) in [4.78, 5) is 25.1. The normalized spacial score (nSPS) is 4.80. The Hall–Kier alpha value is -1.48. The van der Waals surface area contributed by atoms with Crippen LogP contribution in [0.15, 0.2) is 0 Å². The molecule has 0 spiro atoms. The van der Waals surface area contributed by atoms with Gasteiger partial charge in [0.15, 0.2) is 0 Å². The summed E-state index contributed by atoms with van der Waals surface area (Å²) in [6, 6.07) is 0. The van der Waals surface area contributed by atoms with Gasteiger partial charge in [-0.05, 0) is 0 Å². The van der Waals surface area contributed by atoms with E-state index in [-0.39, 0.29) is 40.5 Å². The number of nitrogens with zero attached hydrogens (tertiary/aromatic N) is 3. The molecular weight excluding hydrogens is 241 g/mol. The van der Waals surface area contributed by atoms with Crippen molar-refractivity contribution < 1.29 is 41.8 Å². The van der Waals surface area contributed by atoms with Crippen LogP contribution in [0, 0.1) is 30.3 Å². The second kappa shape index (κ2) is 29.4. The van der Waals surface area contributed by atoms with Crippen molar-refractivity contribution in [2.75, 3.05) is 0 Å². The van der Waals surface area contributed by atoms with Gasteiger partial charge in [-0.3, -0.25) is 0 Å². The molecule has 0 aromatic rings.